The van der Waals surface area contributed by atoms with E-state index in [4.69, 9.17) is 10.5 Å². The van der Waals surface area contributed by atoms with Crippen LogP contribution in [0, 0.1) is 22.7 Å². The van der Waals surface area contributed by atoms with Gasteiger partial charge < -0.3 is 4.99 Å². The van der Waals surface area contributed by atoms with Crippen LogP contribution in [0.1, 0.15) is 0 Å². The van der Waals surface area contributed by atoms with Gasteiger partial charge in [-0.25, -0.2) is 0 Å². The van der Waals surface area contributed by atoms with Crippen molar-refractivity contribution < 1.29 is 0 Å². The molecule has 0 saturated heterocycles. The number of nitrogens with zero attached hydrogens (tertiary/aromatic N) is 3. The van der Waals surface area contributed by atoms with Gasteiger partial charge in [0.05, 0.1) is 0 Å². The molecule has 0 fully saturated rings. The van der Waals surface area contributed by atoms with Gasteiger partial charge in [0.1, 0.15) is 17.7 Å². The van der Waals surface area contributed by atoms with Crippen LogP contribution in [-0.4, -0.2) is 13.8 Å². The van der Waals surface area contributed by atoms with E-state index in [9.17, 15) is 0 Å². The molecule has 0 aromatic heterocycles. The maximum absolute atomic E-state index is 7.76. The van der Waals surface area contributed by atoms with E-state index in [1.54, 1.807) is 19.2 Å². The number of hydrogen-bond acceptors (Lipinski definition) is 3. The Bertz CT molecular complexity index is 152. The van der Waals surface area contributed by atoms with Gasteiger partial charge in [0, 0.05) is 7.05 Å². The minimum atomic E-state index is -0.0463. The highest BCUT2D eigenvalue weighted by Crippen LogP contribution is 1.75. The molecular formula is C6H7N3. The molecule has 0 rings (SSSR count). The topological polar surface area (TPSA) is 59.9 Å². The van der Waals surface area contributed by atoms with E-state index in [1.807, 2.05) is 0 Å². The van der Waals surface area contributed by atoms with Gasteiger partial charge in [-0.2, -0.15) is 10.5 Å². The van der Waals surface area contributed by atoms with Crippen LogP contribution in [0.5, 0.6) is 0 Å². The molecule has 0 N–H and O–H groups in total. The van der Waals surface area contributed by atoms with Crippen molar-refractivity contribution in [2.75, 3.05) is 7.05 Å². The highest BCUT2D eigenvalue weighted by atomic mass is 14.6. The summed E-state index contributed by atoms with van der Waals surface area (Å²) in [4.78, 5) is 3.25. The SMILES string of the molecule is C=C(C#N)C#N.C=NC. The monoisotopic (exact) mass is 121 g/mol. The molecule has 0 radical (unpaired) electrons. The molecule has 3 nitrogen and oxygen atoms in total. The molecule has 0 atom stereocenters. The van der Waals surface area contributed by atoms with Crippen molar-refractivity contribution in [3.05, 3.63) is 12.2 Å². The molecule has 46 valence electrons. The third-order valence-corrected chi connectivity index (χ3v) is 0.270. The summed E-state index contributed by atoms with van der Waals surface area (Å²) in [5.74, 6) is 0. The van der Waals surface area contributed by atoms with Crippen LogP contribution < -0.4 is 0 Å². The molecule has 3 heteroatoms. The molecule has 0 heterocycles. The second-order valence-electron chi connectivity index (χ2n) is 1.02. The van der Waals surface area contributed by atoms with Crippen LogP contribution in [0.15, 0.2) is 17.1 Å². The van der Waals surface area contributed by atoms with Crippen LogP contribution in [0.4, 0.5) is 0 Å². The lowest BCUT2D eigenvalue weighted by molar-refractivity contribution is 1.47. The Hall–Kier alpha value is -1.61. The summed E-state index contributed by atoms with van der Waals surface area (Å²) in [6.07, 6.45) is 0. The molecule has 0 amide bonds. The van der Waals surface area contributed by atoms with E-state index in [2.05, 4.69) is 18.3 Å². The number of nitriles is 2. The van der Waals surface area contributed by atoms with Crippen LogP contribution in [-0.2, 0) is 0 Å². The summed E-state index contributed by atoms with van der Waals surface area (Å²) < 4.78 is 0. The second kappa shape index (κ2) is 9.63. The van der Waals surface area contributed by atoms with Gasteiger partial charge in [-0.1, -0.05) is 6.58 Å². The van der Waals surface area contributed by atoms with Crippen molar-refractivity contribution in [3.63, 3.8) is 0 Å². The Labute approximate surface area is 54.6 Å². The fourth-order valence-electron chi connectivity index (χ4n) is 0.0250. The molecule has 9 heavy (non-hydrogen) atoms. The molecule has 0 aliphatic rings. The Balaban J connectivity index is 0. The van der Waals surface area contributed by atoms with Crippen molar-refractivity contribution in [1.29, 1.82) is 10.5 Å². The zero-order chi connectivity index (χ0) is 7.70. The van der Waals surface area contributed by atoms with E-state index in [0.29, 0.717) is 0 Å². The third kappa shape index (κ3) is 21.6. The second-order valence-corrected chi connectivity index (χ2v) is 1.02. The van der Waals surface area contributed by atoms with Gasteiger partial charge in [0.25, 0.3) is 0 Å². The average molecular weight is 121 g/mol. The number of rotatable bonds is 0. The number of aliphatic imine (C=N–C) groups is 1. The average Bonchev–Trinajstić information content (AvgIpc) is 1.88. The van der Waals surface area contributed by atoms with E-state index in [1.165, 1.54) is 0 Å². The Morgan fingerprint density at radius 2 is 1.67 bits per heavy atom. The largest absolute Gasteiger partial charge is 0.304 e. The highest BCUT2D eigenvalue weighted by molar-refractivity contribution is 5.31. The highest BCUT2D eigenvalue weighted by Gasteiger charge is 1.76. The van der Waals surface area contributed by atoms with E-state index in [-0.39, 0.29) is 5.57 Å². The van der Waals surface area contributed by atoms with Crippen molar-refractivity contribution >= 4 is 6.72 Å². The minimum Gasteiger partial charge on any atom is -0.304 e. The van der Waals surface area contributed by atoms with Crippen LogP contribution in [0.2, 0.25) is 0 Å². The third-order valence-electron chi connectivity index (χ3n) is 0.270. The predicted molar refractivity (Wildman–Crippen MR) is 35.8 cm³/mol. The minimum absolute atomic E-state index is 0.0463. The van der Waals surface area contributed by atoms with E-state index in [0.717, 1.165) is 0 Å². The van der Waals surface area contributed by atoms with E-state index >= 15 is 0 Å². The normalized spacial score (nSPS) is 4.78. The van der Waals surface area contributed by atoms with Crippen LogP contribution >= 0.6 is 0 Å². The maximum Gasteiger partial charge on any atom is 0.122 e. The lowest BCUT2D eigenvalue weighted by Crippen LogP contribution is -1.58. The van der Waals surface area contributed by atoms with Gasteiger partial charge in [-0.15, -0.1) is 0 Å². The van der Waals surface area contributed by atoms with Crippen molar-refractivity contribution in [1.82, 2.24) is 0 Å². The summed E-state index contributed by atoms with van der Waals surface area (Å²) in [5.41, 5.74) is -0.0463. The first-order valence-corrected chi connectivity index (χ1v) is 2.06. The lowest BCUT2D eigenvalue weighted by atomic mass is 10.4. The fourth-order valence-corrected chi connectivity index (χ4v) is 0.0250. The van der Waals surface area contributed by atoms with Crippen LogP contribution in [0.3, 0.4) is 0 Å². The lowest BCUT2D eigenvalue weighted by Gasteiger charge is -1.58. The Morgan fingerprint density at radius 3 is 1.67 bits per heavy atom. The Morgan fingerprint density at radius 1 is 1.44 bits per heavy atom. The summed E-state index contributed by atoms with van der Waals surface area (Å²) in [6.45, 7) is 6.18. The maximum atomic E-state index is 7.76. The quantitative estimate of drug-likeness (QED) is 0.353. The molecular weight excluding hydrogens is 114 g/mol. The molecule has 0 bridgehead atoms. The Kier molecular flexibility index (Phi) is 11.1. The zero-order valence-electron chi connectivity index (χ0n) is 5.26. The molecule has 0 aliphatic carbocycles. The number of hydrogen-bond donors (Lipinski definition) is 0. The van der Waals surface area contributed by atoms with Crippen molar-refractivity contribution in [3.8, 4) is 12.1 Å². The molecule has 0 spiro atoms. The number of allylic oxidation sites excluding steroid dienone is 1. The first-order chi connectivity index (χ1) is 4.22. The van der Waals surface area contributed by atoms with E-state index < -0.39 is 0 Å². The zero-order valence-corrected chi connectivity index (χ0v) is 5.26. The first kappa shape index (κ1) is 10.4. The van der Waals surface area contributed by atoms with Crippen molar-refractivity contribution in [2.45, 2.75) is 0 Å². The summed E-state index contributed by atoms with van der Waals surface area (Å²) in [7, 11) is 1.64. The summed E-state index contributed by atoms with van der Waals surface area (Å²) in [5, 5.41) is 15.5. The van der Waals surface area contributed by atoms with Gasteiger partial charge in [0.2, 0.25) is 0 Å². The first-order valence-electron chi connectivity index (χ1n) is 2.06. The fraction of sp³-hybridized carbons (Fsp3) is 0.167. The molecule has 0 aliphatic heterocycles. The van der Waals surface area contributed by atoms with Crippen molar-refractivity contribution in [2.24, 2.45) is 4.99 Å². The van der Waals surface area contributed by atoms with Gasteiger partial charge >= 0.3 is 0 Å². The van der Waals surface area contributed by atoms with Gasteiger partial charge in [0.15, 0.2) is 0 Å². The molecule has 0 aromatic rings. The molecule has 0 saturated carbocycles. The van der Waals surface area contributed by atoms with Crippen LogP contribution in [0.25, 0.3) is 0 Å². The summed E-state index contributed by atoms with van der Waals surface area (Å²) in [6, 6.07) is 3.12. The standard InChI is InChI=1S/C4H2N2.C2H5N/c1-4(2-5)3-6;1-3-2/h1H2;1H2,2H3. The summed E-state index contributed by atoms with van der Waals surface area (Å²) >= 11 is 0. The van der Waals surface area contributed by atoms with Gasteiger partial charge in [-0.05, 0) is 6.72 Å². The molecule has 0 unspecified atom stereocenters. The van der Waals surface area contributed by atoms with Gasteiger partial charge in [-0.3, -0.25) is 0 Å². The predicted octanol–water partition coefficient (Wildman–Crippen LogP) is 0.907. The molecule has 0 aromatic carbocycles. The smallest absolute Gasteiger partial charge is 0.122 e.